The van der Waals surface area contributed by atoms with Crippen molar-refractivity contribution >= 4 is 11.9 Å². The molecule has 514 valence electrons. The van der Waals surface area contributed by atoms with Crippen LogP contribution in [0.15, 0.2) is 36.5 Å². The van der Waals surface area contributed by atoms with Gasteiger partial charge in [0.1, 0.15) is 0 Å². The number of allylic oxidation sites excluding steroid dienone is 6. The maximum Gasteiger partial charge on any atom is 0.305 e. The van der Waals surface area contributed by atoms with Crippen LogP contribution in [0.3, 0.4) is 0 Å². The highest BCUT2D eigenvalue weighted by Crippen LogP contribution is 2.20. The molecule has 2 unspecified atom stereocenters. The second-order valence-corrected chi connectivity index (χ2v) is 27.4. The summed E-state index contributed by atoms with van der Waals surface area (Å²) in [5.74, 6) is -0.0180. The molecule has 3 N–H and O–H groups in total. The zero-order valence-electron chi connectivity index (χ0n) is 59.0. The molecule has 87 heavy (non-hydrogen) atoms. The lowest BCUT2D eigenvalue weighted by atomic mass is 10.0. The molecule has 0 aliphatic rings. The third-order valence-electron chi connectivity index (χ3n) is 18.7. The quantitative estimate of drug-likeness (QED) is 0.0320. The molecule has 0 aromatic carbocycles. The third-order valence-corrected chi connectivity index (χ3v) is 18.7. The van der Waals surface area contributed by atoms with Crippen molar-refractivity contribution in [2.75, 3.05) is 13.2 Å². The summed E-state index contributed by atoms with van der Waals surface area (Å²) in [4.78, 5) is 24.6. The van der Waals surface area contributed by atoms with E-state index in [4.69, 9.17) is 4.74 Å². The molecule has 0 spiro atoms. The summed E-state index contributed by atoms with van der Waals surface area (Å²) >= 11 is 0. The second-order valence-electron chi connectivity index (χ2n) is 27.4. The lowest BCUT2D eigenvalue weighted by molar-refractivity contribution is -0.143. The molecule has 6 heteroatoms. The Labute approximate surface area is 544 Å². The zero-order chi connectivity index (χ0) is 62.8. The van der Waals surface area contributed by atoms with Gasteiger partial charge in [-0.3, -0.25) is 9.59 Å². The van der Waals surface area contributed by atoms with E-state index in [1.165, 1.54) is 360 Å². The number of carbonyl (C=O) groups is 2. The largest absolute Gasteiger partial charge is 0.466 e. The minimum atomic E-state index is -0.661. The number of hydrogen-bond acceptors (Lipinski definition) is 5. The smallest absolute Gasteiger partial charge is 0.305 e. The molecular formula is C81H155NO5. The first-order chi connectivity index (χ1) is 43.0. The number of aliphatic hydroxyl groups is 2. The van der Waals surface area contributed by atoms with E-state index in [0.717, 1.165) is 51.4 Å². The summed E-state index contributed by atoms with van der Waals surface area (Å²) in [6, 6.07) is -0.538. The number of hydrogen-bond donors (Lipinski definition) is 3. The van der Waals surface area contributed by atoms with E-state index in [2.05, 4.69) is 55.6 Å². The Morgan fingerprint density at radius 1 is 0.322 bits per heavy atom. The number of aliphatic hydroxyl groups excluding tert-OH is 2. The van der Waals surface area contributed by atoms with E-state index >= 15 is 0 Å². The Bertz CT molecular complexity index is 1410. The van der Waals surface area contributed by atoms with Crippen molar-refractivity contribution in [3.05, 3.63) is 36.5 Å². The lowest BCUT2D eigenvalue weighted by Gasteiger charge is -2.22. The first-order valence-corrected chi connectivity index (χ1v) is 39.7. The van der Waals surface area contributed by atoms with Crippen LogP contribution in [0.2, 0.25) is 0 Å². The van der Waals surface area contributed by atoms with Crippen molar-refractivity contribution < 1.29 is 24.5 Å². The van der Waals surface area contributed by atoms with Crippen molar-refractivity contribution in [2.45, 2.75) is 456 Å². The summed E-state index contributed by atoms with van der Waals surface area (Å²) in [5, 5.41) is 23.4. The van der Waals surface area contributed by atoms with Gasteiger partial charge in [0.05, 0.1) is 25.4 Å². The van der Waals surface area contributed by atoms with Gasteiger partial charge in [-0.05, 0) is 83.5 Å². The maximum absolute atomic E-state index is 12.5. The van der Waals surface area contributed by atoms with Crippen LogP contribution >= 0.6 is 0 Å². The van der Waals surface area contributed by atoms with E-state index < -0.39 is 12.1 Å². The van der Waals surface area contributed by atoms with Crippen molar-refractivity contribution in [1.29, 1.82) is 0 Å². The molecule has 0 heterocycles. The minimum absolute atomic E-state index is 0.00894. The number of amides is 1. The molecule has 6 nitrogen and oxygen atoms in total. The summed E-state index contributed by atoms with van der Waals surface area (Å²) in [6.07, 6.45) is 99.6. The Morgan fingerprint density at radius 3 is 0.908 bits per heavy atom. The zero-order valence-corrected chi connectivity index (χ0v) is 59.0. The second kappa shape index (κ2) is 76.5. The SMILES string of the molecule is CCCCC/C=C\C/C=C\CCCCCCCC(=O)OCCCCCCCCCCCCCCCCCCCC/C=C\CCCCCCCCCCCCCCCCCCCC(=O)NC(CO)C(O)CCCCCCCCCCCCCCCCCC. The van der Waals surface area contributed by atoms with Gasteiger partial charge in [0.25, 0.3) is 0 Å². The van der Waals surface area contributed by atoms with Crippen LogP contribution < -0.4 is 5.32 Å². The van der Waals surface area contributed by atoms with Crippen LogP contribution in [0.4, 0.5) is 0 Å². The molecule has 0 saturated carbocycles. The first kappa shape index (κ1) is 85.1. The third kappa shape index (κ3) is 73.0. The van der Waals surface area contributed by atoms with Crippen LogP contribution in [0, 0.1) is 0 Å². The molecule has 0 aromatic rings. The number of unbranched alkanes of at least 4 members (excludes halogenated alkanes) is 58. The Kier molecular flexibility index (Phi) is 74.8. The molecule has 0 aliphatic carbocycles. The average molecular weight is 1220 g/mol. The molecule has 0 bridgehead atoms. The maximum atomic E-state index is 12.5. The Balaban J connectivity index is 3.32. The molecular weight excluding hydrogens is 1070 g/mol. The van der Waals surface area contributed by atoms with Crippen molar-refractivity contribution in [3.8, 4) is 0 Å². The number of rotatable bonds is 75. The number of carbonyl (C=O) groups excluding carboxylic acids is 2. The molecule has 0 fully saturated rings. The Hall–Kier alpha value is -1.92. The monoisotopic (exact) mass is 1220 g/mol. The fourth-order valence-electron chi connectivity index (χ4n) is 12.6. The van der Waals surface area contributed by atoms with Crippen molar-refractivity contribution in [3.63, 3.8) is 0 Å². The first-order valence-electron chi connectivity index (χ1n) is 39.7. The van der Waals surface area contributed by atoms with Gasteiger partial charge in [-0.2, -0.15) is 0 Å². The van der Waals surface area contributed by atoms with Gasteiger partial charge in [0.2, 0.25) is 5.91 Å². The predicted octanol–water partition coefficient (Wildman–Crippen LogP) is 26.2. The fraction of sp³-hybridized carbons (Fsp3) is 0.901. The van der Waals surface area contributed by atoms with Gasteiger partial charge in [-0.15, -0.1) is 0 Å². The molecule has 0 aliphatic heterocycles. The molecule has 2 atom stereocenters. The van der Waals surface area contributed by atoms with Gasteiger partial charge in [0.15, 0.2) is 0 Å². The molecule has 0 rings (SSSR count). The van der Waals surface area contributed by atoms with Crippen LogP contribution in [-0.4, -0.2) is 47.4 Å². The normalized spacial score (nSPS) is 12.6. The highest BCUT2D eigenvalue weighted by Gasteiger charge is 2.20. The van der Waals surface area contributed by atoms with Crippen molar-refractivity contribution in [1.82, 2.24) is 5.32 Å². The van der Waals surface area contributed by atoms with Crippen LogP contribution in [0.1, 0.15) is 444 Å². The summed E-state index contributed by atoms with van der Waals surface area (Å²) < 4.78 is 5.49. The van der Waals surface area contributed by atoms with Crippen LogP contribution in [-0.2, 0) is 14.3 Å². The van der Waals surface area contributed by atoms with E-state index in [-0.39, 0.29) is 18.5 Å². The number of nitrogens with one attached hydrogen (secondary N) is 1. The van der Waals surface area contributed by atoms with Gasteiger partial charge in [-0.25, -0.2) is 0 Å². The van der Waals surface area contributed by atoms with E-state index in [9.17, 15) is 19.8 Å². The predicted molar refractivity (Wildman–Crippen MR) is 384 cm³/mol. The van der Waals surface area contributed by atoms with Crippen LogP contribution in [0.5, 0.6) is 0 Å². The average Bonchev–Trinajstić information content (AvgIpc) is 3.53. The lowest BCUT2D eigenvalue weighted by Crippen LogP contribution is -2.45. The molecule has 0 saturated heterocycles. The highest BCUT2D eigenvalue weighted by molar-refractivity contribution is 5.76. The molecule has 0 radical (unpaired) electrons. The standard InChI is InChI=1S/C81H155NO5/c1-3-5-7-9-11-13-15-17-19-46-49-53-57-61-65-69-73-79(84)78(77-83)82-80(85)74-70-66-62-58-54-50-47-43-41-39-37-35-33-31-29-27-25-23-21-20-22-24-26-28-30-32-34-36-38-40-42-44-48-52-56-60-64-68-72-76-87-81(86)75-71-67-63-59-55-51-45-18-16-14-12-10-8-6-4-2/h12,14,18,20-21,45,78-79,83-84H,3-11,13,15-17,19,22-44,46-77H2,1-2H3,(H,82,85)/b14-12-,21-20-,45-18-. The highest BCUT2D eigenvalue weighted by atomic mass is 16.5. The Morgan fingerprint density at radius 2 is 0.575 bits per heavy atom. The van der Waals surface area contributed by atoms with Gasteiger partial charge in [0, 0.05) is 12.8 Å². The summed E-state index contributed by atoms with van der Waals surface area (Å²) in [7, 11) is 0. The number of ether oxygens (including phenoxy) is 1. The molecule has 1 amide bonds. The van der Waals surface area contributed by atoms with Gasteiger partial charge >= 0.3 is 5.97 Å². The van der Waals surface area contributed by atoms with Gasteiger partial charge in [-0.1, -0.05) is 384 Å². The van der Waals surface area contributed by atoms with Crippen molar-refractivity contribution in [2.24, 2.45) is 0 Å². The molecule has 0 aromatic heterocycles. The topological polar surface area (TPSA) is 95.9 Å². The van der Waals surface area contributed by atoms with E-state index in [1.54, 1.807) is 0 Å². The number of esters is 1. The van der Waals surface area contributed by atoms with E-state index in [0.29, 0.717) is 25.9 Å². The summed E-state index contributed by atoms with van der Waals surface area (Å²) in [6.45, 7) is 4.96. The van der Waals surface area contributed by atoms with Gasteiger partial charge < -0.3 is 20.3 Å². The fourth-order valence-corrected chi connectivity index (χ4v) is 12.6. The summed E-state index contributed by atoms with van der Waals surface area (Å²) in [5.41, 5.74) is 0. The van der Waals surface area contributed by atoms with E-state index in [1.807, 2.05) is 0 Å². The minimum Gasteiger partial charge on any atom is -0.466 e. The van der Waals surface area contributed by atoms with Crippen LogP contribution in [0.25, 0.3) is 0 Å².